The lowest BCUT2D eigenvalue weighted by atomic mass is 9.91. The molecule has 25 heavy (non-hydrogen) atoms. The first-order valence-corrected chi connectivity index (χ1v) is 8.71. The smallest absolute Gasteiger partial charge is 0.407 e. The van der Waals surface area contributed by atoms with E-state index >= 15 is 0 Å². The Morgan fingerprint density at radius 1 is 1.28 bits per heavy atom. The van der Waals surface area contributed by atoms with Crippen LogP contribution >= 0.6 is 11.6 Å². The summed E-state index contributed by atoms with van der Waals surface area (Å²) in [6.07, 6.45) is 2.83. The van der Waals surface area contributed by atoms with E-state index in [0.29, 0.717) is 10.7 Å². The minimum absolute atomic E-state index is 0.0687. The summed E-state index contributed by atoms with van der Waals surface area (Å²) in [5.74, 6) is -0.588. The average Bonchev–Trinajstić information content (AvgIpc) is 2.50. The molecule has 0 saturated heterocycles. The molecule has 2 N–H and O–H groups in total. The van der Waals surface area contributed by atoms with Crippen LogP contribution in [-0.2, 0) is 4.74 Å². The molecule has 136 valence electrons. The number of carbonyl (C=O) groups is 1. The van der Waals surface area contributed by atoms with Crippen molar-refractivity contribution in [3.8, 4) is 6.07 Å². The number of anilines is 1. The number of hydrogen-bond donors (Lipinski definition) is 2. The molecule has 0 aromatic heterocycles. The highest BCUT2D eigenvalue weighted by molar-refractivity contribution is 6.33. The van der Waals surface area contributed by atoms with Gasteiger partial charge in [0.25, 0.3) is 0 Å². The molecule has 1 aliphatic rings. The van der Waals surface area contributed by atoms with Crippen LogP contribution in [0.25, 0.3) is 0 Å². The van der Waals surface area contributed by atoms with Crippen LogP contribution in [0.2, 0.25) is 5.02 Å². The third-order valence-corrected chi connectivity index (χ3v) is 4.30. The topological polar surface area (TPSA) is 74.2 Å². The van der Waals surface area contributed by atoms with Gasteiger partial charge in [-0.2, -0.15) is 5.26 Å². The van der Waals surface area contributed by atoms with E-state index < -0.39 is 17.5 Å². The summed E-state index contributed by atoms with van der Waals surface area (Å²) >= 11 is 6.10. The van der Waals surface area contributed by atoms with Crippen molar-refractivity contribution in [3.63, 3.8) is 0 Å². The maximum absolute atomic E-state index is 13.7. The van der Waals surface area contributed by atoms with E-state index in [2.05, 4.69) is 10.6 Å². The van der Waals surface area contributed by atoms with Gasteiger partial charge in [0.15, 0.2) is 0 Å². The molecule has 1 saturated carbocycles. The number of nitriles is 1. The van der Waals surface area contributed by atoms with Gasteiger partial charge in [-0.15, -0.1) is 0 Å². The molecule has 0 radical (unpaired) electrons. The van der Waals surface area contributed by atoms with Crippen molar-refractivity contribution in [2.24, 2.45) is 0 Å². The first-order valence-electron chi connectivity index (χ1n) is 8.33. The van der Waals surface area contributed by atoms with Crippen LogP contribution in [0.4, 0.5) is 14.9 Å². The van der Waals surface area contributed by atoms with Crippen LogP contribution in [0, 0.1) is 17.1 Å². The lowest BCUT2D eigenvalue weighted by Crippen LogP contribution is -2.42. The van der Waals surface area contributed by atoms with Crippen molar-refractivity contribution in [1.29, 1.82) is 5.26 Å². The van der Waals surface area contributed by atoms with Gasteiger partial charge < -0.3 is 15.4 Å². The first-order chi connectivity index (χ1) is 11.7. The van der Waals surface area contributed by atoms with Crippen molar-refractivity contribution in [3.05, 3.63) is 28.5 Å². The molecule has 1 aromatic carbocycles. The van der Waals surface area contributed by atoms with Gasteiger partial charge in [0.1, 0.15) is 17.5 Å². The second-order valence-corrected chi connectivity index (χ2v) is 7.67. The molecular weight excluding hydrogens is 345 g/mol. The Hall–Kier alpha value is -2.00. The Morgan fingerprint density at radius 3 is 2.44 bits per heavy atom. The zero-order valence-electron chi connectivity index (χ0n) is 14.7. The average molecular weight is 368 g/mol. The zero-order valence-corrected chi connectivity index (χ0v) is 15.4. The van der Waals surface area contributed by atoms with E-state index in [-0.39, 0.29) is 17.6 Å². The fraction of sp³-hybridized carbons (Fsp3) is 0.556. The summed E-state index contributed by atoms with van der Waals surface area (Å²) in [4.78, 5) is 11.8. The molecule has 1 amide bonds. The molecule has 0 aliphatic heterocycles. The van der Waals surface area contributed by atoms with Crippen LogP contribution in [-0.4, -0.2) is 23.8 Å². The van der Waals surface area contributed by atoms with Gasteiger partial charge in [-0.3, -0.25) is 0 Å². The molecule has 1 aromatic rings. The third kappa shape index (κ3) is 5.79. The monoisotopic (exact) mass is 367 g/mol. The number of ether oxygens (including phenoxy) is 1. The summed E-state index contributed by atoms with van der Waals surface area (Å²) in [7, 11) is 0. The molecule has 5 nitrogen and oxygen atoms in total. The minimum atomic E-state index is -0.588. The molecular formula is C18H23ClFN3O2. The van der Waals surface area contributed by atoms with Crippen molar-refractivity contribution in [1.82, 2.24) is 5.32 Å². The van der Waals surface area contributed by atoms with E-state index in [1.165, 1.54) is 12.1 Å². The second kappa shape index (κ2) is 7.92. The van der Waals surface area contributed by atoms with Gasteiger partial charge >= 0.3 is 6.09 Å². The van der Waals surface area contributed by atoms with Gasteiger partial charge in [0.2, 0.25) is 0 Å². The van der Waals surface area contributed by atoms with E-state index in [4.69, 9.17) is 21.6 Å². The van der Waals surface area contributed by atoms with Gasteiger partial charge in [-0.25, -0.2) is 9.18 Å². The molecule has 0 heterocycles. The number of nitrogens with zero attached hydrogens (tertiary/aromatic N) is 1. The highest BCUT2D eigenvalue weighted by atomic mass is 35.5. The molecule has 2 rings (SSSR count). The van der Waals surface area contributed by atoms with Crippen LogP contribution in [0.15, 0.2) is 12.1 Å². The van der Waals surface area contributed by atoms with E-state index in [0.717, 1.165) is 25.7 Å². The maximum atomic E-state index is 13.7. The number of rotatable bonds is 3. The Kier molecular flexibility index (Phi) is 6.12. The number of alkyl carbamates (subject to hydrolysis) is 1. The maximum Gasteiger partial charge on any atom is 0.407 e. The van der Waals surface area contributed by atoms with Crippen LogP contribution in [0.5, 0.6) is 0 Å². The minimum Gasteiger partial charge on any atom is -0.444 e. The Morgan fingerprint density at radius 2 is 1.88 bits per heavy atom. The predicted octanol–water partition coefficient (Wildman–Crippen LogP) is 4.60. The summed E-state index contributed by atoms with van der Waals surface area (Å²) in [5, 5.41) is 15.3. The molecule has 7 heteroatoms. The standard InChI is InChI=1S/C18H23ClFN3O2/c1-18(2,3)25-17(24)23-13-6-4-12(5-7-13)22-16-9-15(20)11(10-21)8-14(16)19/h8-9,12-13,22H,4-7H2,1-3H3,(H,23,24)/t12-,13+. The molecule has 0 atom stereocenters. The third-order valence-electron chi connectivity index (χ3n) is 3.98. The molecule has 0 bridgehead atoms. The Labute approximate surface area is 152 Å². The lowest BCUT2D eigenvalue weighted by molar-refractivity contribution is 0.0492. The predicted molar refractivity (Wildman–Crippen MR) is 95.2 cm³/mol. The first kappa shape index (κ1) is 19.3. The van der Waals surface area contributed by atoms with Crippen LogP contribution < -0.4 is 10.6 Å². The largest absolute Gasteiger partial charge is 0.444 e. The summed E-state index contributed by atoms with van der Waals surface area (Å²) in [6, 6.07) is 4.56. The summed E-state index contributed by atoms with van der Waals surface area (Å²) in [5.41, 5.74) is -0.0956. The zero-order chi connectivity index (χ0) is 18.6. The second-order valence-electron chi connectivity index (χ2n) is 7.26. The number of benzene rings is 1. The molecule has 1 aliphatic carbocycles. The Bertz CT molecular complexity index is 674. The number of hydrogen-bond acceptors (Lipinski definition) is 4. The van der Waals surface area contributed by atoms with Crippen molar-refractivity contribution in [2.45, 2.75) is 64.1 Å². The fourth-order valence-corrected chi connectivity index (χ4v) is 3.04. The molecule has 0 unspecified atom stereocenters. The van der Waals surface area contributed by atoms with Crippen LogP contribution in [0.1, 0.15) is 52.0 Å². The summed E-state index contributed by atoms with van der Waals surface area (Å²) < 4.78 is 19.0. The van der Waals surface area contributed by atoms with Gasteiger partial charge in [0.05, 0.1) is 16.3 Å². The number of carbonyl (C=O) groups excluding carboxylic acids is 1. The molecule has 1 fully saturated rings. The fourth-order valence-electron chi connectivity index (χ4n) is 2.82. The normalized spacial score (nSPS) is 20.5. The number of amides is 1. The van der Waals surface area contributed by atoms with Crippen molar-refractivity contribution < 1.29 is 13.9 Å². The van der Waals surface area contributed by atoms with Crippen molar-refractivity contribution in [2.75, 3.05) is 5.32 Å². The number of nitrogens with one attached hydrogen (secondary N) is 2. The van der Waals surface area contributed by atoms with E-state index in [9.17, 15) is 9.18 Å². The van der Waals surface area contributed by atoms with Gasteiger partial charge in [-0.1, -0.05) is 11.6 Å². The van der Waals surface area contributed by atoms with Gasteiger partial charge in [-0.05, 0) is 58.6 Å². The highest BCUT2D eigenvalue weighted by Crippen LogP contribution is 2.29. The highest BCUT2D eigenvalue weighted by Gasteiger charge is 2.25. The van der Waals surface area contributed by atoms with Crippen LogP contribution in [0.3, 0.4) is 0 Å². The number of halogens is 2. The van der Waals surface area contributed by atoms with E-state index in [1.54, 1.807) is 6.07 Å². The SMILES string of the molecule is CC(C)(C)OC(=O)N[C@H]1CC[C@@H](Nc2cc(F)c(C#N)cc2Cl)CC1. The van der Waals surface area contributed by atoms with Crippen molar-refractivity contribution >= 4 is 23.4 Å². The summed E-state index contributed by atoms with van der Waals surface area (Å²) in [6.45, 7) is 5.48. The van der Waals surface area contributed by atoms with Gasteiger partial charge in [0, 0.05) is 12.1 Å². The quantitative estimate of drug-likeness (QED) is 0.818. The Balaban J connectivity index is 1.86. The van der Waals surface area contributed by atoms with E-state index in [1.807, 2.05) is 20.8 Å². The molecule has 0 spiro atoms. The lowest BCUT2D eigenvalue weighted by Gasteiger charge is -2.31.